The van der Waals surface area contributed by atoms with Crippen LogP contribution in [0.1, 0.15) is 5.56 Å². The fourth-order valence-electron chi connectivity index (χ4n) is 1.18. The molecule has 2 N–H and O–H groups in total. The van der Waals surface area contributed by atoms with E-state index in [-0.39, 0.29) is 0 Å². The van der Waals surface area contributed by atoms with Crippen LogP contribution in [0, 0.1) is 0 Å². The molecule has 3 nitrogen and oxygen atoms in total. The summed E-state index contributed by atoms with van der Waals surface area (Å²) in [6, 6.07) is 7.76. The van der Waals surface area contributed by atoms with Crippen molar-refractivity contribution in [2.75, 3.05) is 5.32 Å². The predicted octanol–water partition coefficient (Wildman–Crippen LogP) is 2.68. The molecule has 0 radical (unpaired) electrons. The number of hydrogen-bond donors (Lipinski definition) is 2. The summed E-state index contributed by atoms with van der Waals surface area (Å²) in [5.74, 6) is 0.893. The van der Waals surface area contributed by atoms with Crippen LogP contribution < -0.4 is 5.32 Å². The van der Waals surface area contributed by atoms with Crippen molar-refractivity contribution < 1.29 is 0 Å². The molecule has 0 spiro atoms. The first-order chi connectivity index (χ1) is 6.86. The van der Waals surface area contributed by atoms with Gasteiger partial charge in [0.1, 0.15) is 5.82 Å². The molecule has 0 saturated carbocycles. The summed E-state index contributed by atoms with van der Waals surface area (Å²) in [5.41, 5.74) is 1.07. The van der Waals surface area contributed by atoms with Crippen LogP contribution in [0.15, 0.2) is 36.8 Å². The van der Waals surface area contributed by atoms with E-state index >= 15 is 0 Å². The average molecular weight is 208 g/mol. The fourth-order valence-corrected chi connectivity index (χ4v) is 1.39. The van der Waals surface area contributed by atoms with E-state index in [0.29, 0.717) is 6.54 Å². The number of benzene rings is 1. The summed E-state index contributed by atoms with van der Waals surface area (Å²) in [4.78, 5) is 6.87. The molecule has 0 bridgehead atoms. The van der Waals surface area contributed by atoms with Crippen LogP contribution in [0.4, 0.5) is 5.82 Å². The minimum Gasteiger partial charge on any atom is -0.366 e. The number of H-pyrrole nitrogens is 1. The number of anilines is 1. The molecule has 14 heavy (non-hydrogen) atoms. The van der Waals surface area contributed by atoms with Gasteiger partial charge in [0.15, 0.2) is 0 Å². The Hall–Kier alpha value is -1.48. The van der Waals surface area contributed by atoms with Crippen LogP contribution >= 0.6 is 11.6 Å². The van der Waals surface area contributed by atoms with Crippen molar-refractivity contribution in [2.24, 2.45) is 0 Å². The molecule has 1 aromatic heterocycles. The van der Waals surface area contributed by atoms with E-state index in [4.69, 9.17) is 11.6 Å². The number of aromatic amines is 1. The molecule has 1 heterocycles. The number of aromatic nitrogens is 2. The van der Waals surface area contributed by atoms with E-state index in [2.05, 4.69) is 15.3 Å². The van der Waals surface area contributed by atoms with Crippen LogP contribution in [0.5, 0.6) is 0 Å². The lowest BCUT2D eigenvalue weighted by molar-refractivity contribution is 1.12. The topological polar surface area (TPSA) is 40.7 Å². The van der Waals surface area contributed by atoms with Crippen LogP contribution in [0.3, 0.4) is 0 Å². The third-order valence-electron chi connectivity index (χ3n) is 1.93. The smallest absolute Gasteiger partial charge is 0.123 e. The lowest BCUT2D eigenvalue weighted by Crippen LogP contribution is -1.99. The van der Waals surface area contributed by atoms with Crippen LogP contribution in [0.25, 0.3) is 0 Å². The van der Waals surface area contributed by atoms with Gasteiger partial charge in [0.2, 0.25) is 0 Å². The molecule has 0 amide bonds. The summed E-state index contributed by atoms with van der Waals surface area (Å²) < 4.78 is 0. The first-order valence-electron chi connectivity index (χ1n) is 4.32. The van der Waals surface area contributed by atoms with Crippen molar-refractivity contribution in [3.8, 4) is 0 Å². The first-order valence-corrected chi connectivity index (χ1v) is 4.70. The second kappa shape index (κ2) is 4.15. The maximum Gasteiger partial charge on any atom is 0.123 e. The van der Waals surface area contributed by atoms with Crippen molar-refractivity contribution in [3.05, 3.63) is 47.4 Å². The zero-order valence-corrected chi connectivity index (χ0v) is 8.25. The van der Waals surface area contributed by atoms with Crippen molar-refractivity contribution in [3.63, 3.8) is 0 Å². The van der Waals surface area contributed by atoms with Crippen molar-refractivity contribution in [1.29, 1.82) is 0 Å². The monoisotopic (exact) mass is 207 g/mol. The number of rotatable bonds is 3. The highest BCUT2D eigenvalue weighted by Gasteiger charge is 1.98. The molecule has 72 valence electrons. The van der Waals surface area contributed by atoms with Crippen molar-refractivity contribution >= 4 is 17.4 Å². The van der Waals surface area contributed by atoms with Crippen molar-refractivity contribution in [1.82, 2.24) is 9.97 Å². The Bertz CT molecular complexity index is 398. The Balaban J connectivity index is 2.02. The summed E-state index contributed by atoms with van der Waals surface area (Å²) in [7, 11) is 0. The lowest BCUT2D eigenvalue weighted by Gasteiger charge is -2.04. The average Bonchev–Trinajstić information content (AvgIpc) is 2.69. The van der Waals surface area contributed by atoms with E-state index in [1.807, 2.05) is 24.3 Å². The van der Waals surface area contributed by atoms with E-state index in [1.165, 1.54) is 0 Å². The molecule has 0 aliphatic heterocycles. The molecule has 0 aliphatic carbocycles. The highest BCUT2D eigenvalue weighted by Crippen LogP contribution is 2.15. The van der Waals surface area contributed by atoms with Gasteiger partial charge in [0.25, 0.3) is 0 Å². The van der Waals surface area contributed by atoms with Crippen LogP contribution in [-0.2, 0) is 6.54 Å². The van der Waals surface area contributed by atoms with Crippen LogP contribution in [-0.4, -0.2) is 9.97 Å². The lowest BCUT2D eigenvalue weighted by atomic mass is 10.2. The second-order valence-corrected chi connectivity index (χ2v) is 3.32. The fraction of sp³-hybridized carbons (Fsp3) is 0.100. The number of halogens is 1. The normalized spacial score (nSPS) is 10.1. The highest BCUT2D eigenvalue weighted by molar-refractivity contribution is 6.31. The van der Waals surface area contributed by atoms with Crippen LogP contribution in [0.2, 0.25) is 5.02 Å². The maximum atomic E-state index is 6.00. The molecule has 0 aliphatic rings. The molecule has 0 atom stereocenters. The summed E-state index contributed by atoms with van der Waals surface area (Å²) in [6.45, 7) is 0.696. The third-order valence-corrected chi connectivity index (χ3v) is 2.29. The quantitative estimate of drug-likeness (QED) is 0.813. The molecular formula is C10H10ClN3. The predicted molar refractivity (Wildman–Crippen MR) is 57.4 cm³/mol. The van der Waals surface area contributed by atoms with Gasteiger partial charge >= 0.3 is 0 Å². The number of nitrogens with zero attached hydrogens (tertiary/aromatic N) is 1. The minimum atomic E-state index is 0.696. The summed E-state index contributed by atoms with van der Waals surface area (Å²) in [6.07, 6.45) is 3.37. The zero-order chi connectivity index (χ0) is 9.80. The van der Waals surface area contributed by atoms with Gasteiger partial charge in [0, 0.05) is 11.6 Å². The van der Waals surface area contributed by atoms with Gasteiger partial charge in [0.05, 0.1) is 12.5 Å². The molecule has 0 fully saturated rings. The largest absolute Gasteiger partial charge is 0.366 e. The molecule has 4 heteroatoms. The van der Waals surface area contributed by atoms with E-state index in [1.54, 1.807) is 12.5 Å². The molecule has 0 saturated heterocycles. The zero-order valence-electron chi connectivity index (χ0n) is 7.50. The minimum absolute atomic E-state index is 0.696. The second-order valence-electron chi connectivity index (χ2n) is 2.91. The van der Waals surface area contributed by atoms with E-state index < -0.39 is 0 Å². The van der Waals surface area contributed by atoms with Gasteiger partial charge in [-0.2, -0.15) is 0 Å². The highest BCUT2D eigenvalue weighted by atomic mass is 35.5. The Labute approximate surface area is 87.1 Å². The Morgan fingerprint density at radius 2 is 2.21 bits per heavy atom. The Morgan fingerprint density at radius 3 is 2.93 bits per heavy atom. The van der Waals surface area contributed by atoms with Gasteiger partial charge in [-0.1, -0.05) is 29.8 Å². The van der Waals surface area contributed by atoms with E-state index in [9.17, 15) is 0 Å². The molecule has 2 aromatic rings. The van der Waals surface area contributed by atoms with Gasteiger partial charge in [-0.25, -0.2) is 4.98 Å². The molecular weight excluding hydrogens is 198 g/mol. The standard InChI is InChI=1S/C10H10ClN3/c11-9-4-2-1-3-8(9)5-13-10-6-12-7-14-10/h1-4,6-7,13H,5H2,(H,12,14). The van der Waals surface area contributed by atoms with Gasteiger partial charge in [-0.05, 0) is 11.6 Å². The Morgan fingerprint density at radius 1 is 1.36 bits per heavy atom. The molecule has 0 unspecified atom stereocenters. The van der Waals surface area contributed by atoms with Gasteiger partial charge in [-0.15, -0.1) is 0 Å². The SMILES string of the molecule is Clc1ccccc1CNc1cnc[nH]1. The number of nitrogens with one attached hydrogen (secondary N) is 2. The number of hydrogen-bond acceptors (Lipinski definition) is 2. The van der Waals surface area contributed by atoms with Gasteiger partial charge < -0.3 is 10.3 Å². The molecule has 2 rings (SSSR count). The van der Waals surface area contributed by atoms with Crippen molar-refractivity contribution in [2.45, 2.75) is 6.54 Å². The molecule has 1 aromatic carbocycles. The van der Waals surface area contributed by atoms with E-state index in [0.717, 1.165) is 16.4 Å². The summed E-state index contributed by atoms with van der Waals surface area (Å²) >= 11 is 6.00. The maximum absolute atomic E-state index is 6.00. The Kier molecular flexibility index (Phi) is 2.70. The van der Waals surface area contributed by atoms with Gasteiger partial charge in [-0.3, -0.25) is 0 Å². The summed E-state index contributed by atoms with van der Waals surface area (Å²) in [5, 5.41) is 3.96. The number of imidazole rings is 1. The first kappa shape index (κ1) is 9.09. The third kappa shape index (κ3) is 2.06.